The van der Waals surface area contributed by atoms with Crippen LogP contribution in [-0.4, -0.2) is 16.0 Å². The van der Waals surface area contributed by atoms with Crippen LogP contribution < -0.4 is 5.73 Å². The highest BCUT2D eigenvalue weighted by Gasteiger charge is 1.91. The van der Waals surface area contributed by atoms with Gasteiger partial charge in [-0.1, -0.05) is 31.5 Å². The molecule has 0 aromatic heterocycles. The molecular weight excluding hydrogens is 176 g/mol. The topological polar surface area (TPSA) is 49.9 Å². The lowest BCUT2D eigenvalue weighted by Crippen LogP contribution is -2.03. The van der Waals surface area contributed by atoms with E-state index < -0.39 is 0 Å². The van der Waals surface area contributed by atoms with Gasteiger partial charge < -0.3 is 5.73 Å². The summed E-state index contributed by atoms with van der Waals surface area (Å²) in [5.74, 6) is 1.20. The Morgan fingerprint density at radius 3 is 2.73 bits per heavy atom. The van der Waals surface area contributed by atoms with Crippen LogP contribution in [0.15, 0.2) is 0 Å². The maximum atomic E-state index is 6.94. The first-order valence-electron chi connectivity index (χ1n) is 3.82. The molecule has 0 rings (SSSR count). The Kier molecular flexibility index (Phi) is 8.40. The third-order valence-electron chi connectivity index (χ3n) is 1.19. The Morgan fingerprint density at radius 1 is 1.45 bits per heavy atom. The molecule has 0 heterocycles. The molecule has 66 valence electrons. The minimum absolute atomic E-state index is 0.230. The van der Waals surface area contributed by atoms with Gasteiger partial charge in [0, 0.05) is 5.08 Å². The molecule has 0 aliphatic carbocycles. The normalized spacial score (nSPS) is 9.91. The summed E-state index contributed by atoms with van der Waals surface area (Å²) < 4.78 is 0. The molecule has 0 fully saturated rings. The van der Waals surface area contributed by atoms with Crippen molar-refractivity contribution in [2.24, 2.45) is 5.73 Å². The minimum Gasteiger partial charge on any atom is -0.379 e. The van der Waals surface area contributed by atoms with Crippen LogP contribution in [0.2, 0.25) is 0 Å². The SMILES string of the molecule is CCCCCSCSC(=N)N. The smallest absolute Gasteiger partial charge is 0.151 e. The van der Waals surface area contributed by atoms with E-state index in [-0.39, 0.29) is 5.17 Å². The lowest BCUT2D eigenvalue weighted by molar-refractivity contribution is 0.779. The van der Waals surface area contributed by atoms with Gasteiger partial charge in [0.15, 0.2) is 5.17 Å². The maximum absolute atomic E-state index is 6.94. The minimum atomic E-state index is 0.230. The molecule has 0 spiro atoms. The third-order valence-corrected chi connectivity index (χ3v) is 3.22. The maximum Gasteiger partial charge on any atom is 0.151 e. The van der Waals surface area contributed by atoms with Gasteiger partial charge in [-0.15, -0.1) is 0 Å². The van der Waals surface area contributed by atoms with E-state index >= 15 is 0 Å². The molecule has 0 aliphatic heterocycles. The van der Waals surface area contributed by atoms with Crippen LogP contribution in [0.5, 0.6) is 0 Å². The van der Waals surface area contributed by atoms with E-state index in [2.05, 4.69) is 6.92 Å². The van der Waals surface area contributed by atoms with Gasteiger partial charge >= 0.3 is 0 Å². The summed E-state index contributed by atoms with van der Waals surface area (Å²) in [6.45, 7) is 2.20. The fraction of sp³-hybridized carbons (Fsp3) is 0.857. The summed E-state index contributed by atoms with van der Waals surface area (Å²) in [6, 6.07) is 0. The van der Waals surface area contributed by atoms with Crippen molar-refractivity contribution in [2.45, 2.75) is 26.2 Å². The highest BCUT2D eigenvalue weighted by molar-refractivity contribution is 8.23. The van der Waals surface area contributed by atoms with Crippen molar-refractivity contribution in [1.82, 2.24) is 0 Å². The number of nitrogens with one attached hydrogen (secondary N) is 1. The van der Waals surface area contributed by atoms with Crippen molar-refractivity contribution in [3.63, 3.8) is 0 Å². The number of hydrogen-bond donors (Lipinski definition) is 2. The molecule has 0 saturated carbocycles. The van der Waals surface area contributed by atoms with Crippen molar-refractivity contribution >= 4 is 28.7 Å². The summed E-state index contributed by atoms with van der Waals surface area (Å²) in [5, 5.41) is 8.10. The zero-order chi connectivity index (χ0) is 8.53. The summed E-state index contributed by atoms with van der Waals surface area (Å²) in [5.41, 5.74) is 5.17. The van der Waals surface area contributed by atoms with E-state index in [1.54, 1.807) is 0 Å². The first-order chi connectivity index (χ1) is 5.27. The monoisotopic (exact) mass is 192 g/mol. The van der Waals surface area contributed by atoms with Gasteiger partial charge in [0.1, 0.15) is 0 Å². The lowest BCUT2D eigenvalue weighted by Gasteiger charge is -1.98. The predicted molar refractivity (Wildman–Crippen MR) is 56.4 cm³/mol. The Labute approximate surface area is 77.2 Å². The van der Waals surface area contributed by atoms with Gasteiger partial charge in [0.05, 0.1) is 0 Å². The van der Waals surface area contributed by atoms with Gasteiger partial charge in [0.2, 0.25) is 0 Å². The molecule has 0 radical (unpaired) electrons. The molecule has 0 bridgehead atoms. The number of amidine groups is 1. The van der Waals surface area contributed by atoms with E-state index in [4.69, 9.17) is 11.1 Å². The van der Waals surface area contributed by atoms with Crippen LogP contribution >= 0.6 is 23.5 Å². The molecule has 4 heteroatoms. The number of hydrogen-bond acceptors (Lipinski definition) is 3. The number of thioether (sulfide) groups is 2. The number of rotatable bonds is 6. The van der Waals surface area contributed by atoms with Gasteiger partial charge in [-0.05, 0) is 12.2 Å². The van der Waals surface area contributed by atoms with Crippen molar-refractivity contribution < 1.29 is 0 Å². The first kappa shape index (κ1) is 11.2. The molecular formula is C7H16N2S2. The number of unbranched alkanes of at least 4 members (excludes halogenated alkanes) is 2. The second-order valence-corrected chi connectivity index (χ2v) is 4.73. The predicted octanol–water partition coefficient (Wildman–Crippen LogP) is 2.49. The molecule has 0 atom stereocenters. The highest BCUT2D eigenvalue weighted by atomic mass is 32.2. The summed E-state index contributed by atoms with van der Waals surface area (Å²) in [4.78, 5) is 0. The fourth-order valence-corrected chi connectivity index (χ4v) is 2.34. The van der Waals surface area contributed by atoms with Crippen LogP contribution in [-0.2, 0) is 0 Å². The van der Waals surface area contributed by atoms with Crippen LogP contribution in [0.25, 0.3) is 0 Å². The average molecular weight is 192 g/mol. The number of nitrogens with two attached hydrogens (primary N) is 1. The van der Waals surface area contributed by atoms with E-state index in [9.17, 15) is 0 Å². The summed E-state index contributed by atoms with van der Waals surface area (Å²) in [7, 11) is 0. The quantitative estimate of drug-likeness (QED) is 0.294. The lowest BCUT2D eigenvalue weighted by atomic mass is 10.3. The van der Waals surface area contributed by atoms with Gasteiger partial charge in [-0.3, -0.25) is 5.41 Å². The fourth-order valence-electron chi connectivity index (χ4n) is 0.618. The van der Waals surface area contributed by atoms with Crippen LogP contribution in [0, 0.1) is 5.41 Å². The van der Waals surface area contributed by atoms with Gasteiger partial charge in [-0.2, -0.15) is 11.8 Å². The summed E-state index contributed by atoms with van der Waals surface area (Å²) in [6.07, 6.45) is 3.89. The molecule has 0 amide bonds. The van der Waals surface area contributed by atoms with Crippen LogP contribution in [0.4, 0.5) is 0 Å². The second-order valence-electron chi connectivity index (χ2n) is 2.24. The molecule has 0 aromatic carbocycles. The Balaban J connectivity index is 2.85. The van der Waals surface area contributed by atoms with Gasteiger partial charge in [-0.25, -0.2) is 0 Å². The molecule has 11 heavy (non-hydrogen) atoms. The largest absolute Gasteiger partial charge is 0.379 e. The Morgan fingerprint density at radius 2 is 2.18 bits per heavy atom. The molecule has 2 nitrogen and oxygen atoms in total. The van der Waals surface area contributed by atoms with E-state index in [1.807, 2.05) is 11.8 Å². The first-order valence-corrected chi connectivity index (χ1v) is 5.96. The Hall–Kier alpha value is 0.170. The van der Waals surface area contributed by atoms with Crippen LogP contribution in [0.3, 0.4) is 0 Å². The molecule has 0 aromatic rings. The zero-order valence-electron chi connectivity index (χ0n) is 6.93. The van der Waals surface area contributed by atoms with Crippen molar-refractivity contribution in [2.75, 3.05) is 10.8 Å². The average Bonchev–Trinajstić information content (AvgIpc) is 1.96. The second kappa shape index (κ2) is 8.27. The highest BCUT2D eigenvalue weighted by Crippen LogP contribution is 2.13. The summed E-state index contributed by atoms with van der Waals surface area (Å²) >= 11 is 3.28. The molecule has 0 unspecified atom stereocenters. The molecule has 3 N–H and O–H groups in total. The molecule has 0 saturated heterocycles. The third kappa shape index (κ3) is 10.2. The van der Waals surface area contributed by atoms with Gasteiger partial charge in [0.25, 0.3) is 0 Å². The van der Waals surface area contributed by atoms with Crippen molar-refractivity contribution in [1.29, 1.82) is 5.41 Å². The van der Waals surface area contributed by atoms with E-state index in [0.717, 1.165) is 5.08 Å². The van der Waals surface area contributed by atoms with Crippen molar-refractivity contribution in [3.8, 4) is 0 Å². The standard InChI is InChI=1S/C7H16N2S2/c1-2-3-4-5-10-6-11-7(8)9/h2-6H2,1H3,(H3,8,9). The van der Waals surface area contributed by atoms with Crippen molar-refractivity contribution in [3.05, 3.63) is 0 Å². The zero-order valence-corrected chi connectivity index (χ0v) is 8.56. The molecule has 0 aliphatic rings. The van der Waals surface area contributed by atoms with E-state index in [0.29, 0.717) is 0 Å². The Bertz CT molecular complexity index is 107. The van der Waals surface area contributed by atoms with Crippen LogP contribution in [0.1, 0.15) is 26.2 Å². The van der Waals surface area contributed by atoms with E-state index in [1.165, 1.54) is 36.8 Å².